The Balaban J connectivity index is 1.86. The predicted octanol–water partition coefficient (Wildman–Crippen LogP) is 2.94. The topological polar surface area (TPSA) is 33.2 Å². The fourth-order valence-electron chi connectivity index (χ4n) is 1.83. The van der Waals surface area contributed by atoms with Gasteiger partial charge in [-0.3, -0.25) is 9.78 Å². The van der Waals surface area contributed by atoms with E-state index < -0.39 is 0 Å². The molecule has 0 aliphatic rings. The molecule has 0 bridgehead atoms. The van der Waals surface area contributed by atoms with Crippen LogP contribution < -0.4 is 0 Å². The molecule has 0 aliphatic carbocycles. The molecule has 0 spiro atoms. The first-order valence-electron chi connectivity index (χ1n) is 6.73. The molecule has 3 nitrogen and oxygen atoms in total. The summed E-state index contributed by atoms with van der Waals surface area (Å²) in [4.78, 5) is 17.6. The number of aromatic nitrogens is 1. The third-order valence-electron chi connectivity index (χ3n) is 3.15. The summed E-state index contributed by atoms with van der Waals surface area (Å²) in [6.07, 6.45) is 7.46. The molecule has 0 atom stereocenters. The summed E-state index contributed by atoms with van der Waals surface area (Å²) in [5, 5.41) is 0. The van der Waals surface area contributed by atoms with Crippen molar-refractivity contribution in [2.75, 3.05) is 13.6 Å². The number of pyridine rings is 1. The minimum absolute atomic E-state index is 0.0756. The van der Waals surface area contributed by atoms with Crippen LogP contribution in [0.1, 0.15) is 11.1 Å². The number of carbonyl (C=O) groups excluding carboxylic acids is 1. The van der Waals surface area contributed by atoms with Crippen LogP contribution in [0.4, 0.5) is 4.39 Å². The summed E-state index contributed by atoms with van der Waals surface area (Å²) in [5.74, 6) is -0.360. The van der Waals surface area contributed by atoms with Crippen molar-refractivity contribution < 1.29 is 9.18 Å². The van der Waals surface area contributed by atoms with Gasteiger partial charge >= 0.3 is 0 Å². The van der Waals surface area contributed by atoms with Gasteiger partial charge in [0.25, 0.3) is 0 Å². The van der Waals surface area contributed by atoms with E-state index in [1.54, 1.807) is 42.6 Å². The van der Waals surface area contributed by atoms with Crippen molar-refractivity contribution in [3.8, 4) is 0 Å². The first-order chi connectivity index (χ1) is 10.1. The summed E-state index contributed by atoms with van der Waals surface area (Å²) in [5.41, 5.74) is 1.94. The van der Waals surface area contributed by atoms with Crippen molar-refractivity contribution in [3.05, 3.63) is 71.8 Å². The quantitative estimate of drug-likeness (QED) is 0.791. The SMILES string of the molecule is CN(CCc1ccncc1)C(=O)/C=C/c1ccc(F)cc1. The summed E-state index contributed by atoms with van der Waals surface area (Å²) in [7, 11) is 1.76. The maximum atomic E-state index is 12.8. The molecule has 1 aromatic carbocycles. The highest BCUT2D eigenvalue weighted by molar-refractivity contribution is 5.91. The number of carbonyl (C=O) groups is 1. The van der Waals surface area contributed by atoms with E-state index >= 15 is 0 Å². The Bertz CT molecular complexity index is 608. The Kier molecular flexibility index (Phi) is 5.21. The van der Waals surface area contributed by atoms with Gasteiger partial charge in [-0.25, -0.2) is 4.39 Å². The van der Waals surface area contributed by atoms with Crippen LogP contribution in [0.3, 0.4) is 0 Å². The molecule has 108 valence electrons. The normalized spacial score (nSPS) is 10.8. The molecule has 2 rings (SSSR count). The van der Waals surface area contributed by atoms with Gasteiger partial charge in [-0.05, 0) is 47.9 Å². The van der Waals surface area contributed by atoms with Gasteiger partial charge < -0.3 is 4.90 Å². The van der Waals surface area contributed by atoms with Crippen LogP contribution in [0.5, 0.6) is 0 Å². The summed E-state index contributed by atoms with van der Waals surface area (Å²) >= 11 is 0. The lowest BCUT2D eigenvalue weighted by Crippen LogP contribution is -2.27. The second-order valence-corrected chi connectivity index (χ2v) is 4.75. The smallest absolute Gasteiger partial charge is 0.246 e. The van der Waals surface area contributed by atoms with E-state index in [0.717, 1.165) is 17.5 Å². The molecule has 0 fully saturated rings. The van der Waals surface area contributed by atoms with Gasteiger partial charge in [-0.1, -0.05) is 12.1 Å². The number of halogens is 1. The van der Waals surface area contributed by atoms with E-state index in [0.29, 0.717) is 6.54 Å². The number of amides is 1. The first-order valence-corrected chi connectivity index (χ1v) is 6.73. The highest BCUT2D eigenvalue weighted by Gasteiger charge is 2.04. The number of rotatable bonds is 5. The third kappa shape index (κ3) is 4.84. The van der Waals surface area contributed by atoms with Gasteiger partial charge in [0.05, 0.1) is 0 Å². The molecule has 0 unspecified atom stereocenters. The molecule has 1 amide bonds. The van der Waals surface area contributed by atoms with E-state index in [2.05, 4.69) is 4.98 Å². The molecule has 1 heterocycles. The van der Waals surface area contributed by atoms with Crippen molar-refractivity contribution in [2.45, 2.75) is 6.42 Å². The number of likely N-dealkylation sites (N-methyl/N-ethyl adjacent to an activating group) is 1. The van der Waals surface area contributed by atoms with Gasteiger partial charge in [0.1, 0.15) is 5.82 Å². The summed E-state index contributed by atoms with van der Waals surface area (Å²) in [6.45, 7) is 0.636. The zero-order chi connectivity index (χ0) is 15.1. The Hall–Kier alpha value is -2.49. The minimum Gasteiger partial charge on any atom is -0.342 e. The van der Waals surface area contributed by atoms with Gasteiger partial charge in [0, 0.05) is 32.1 Å². The molecular weight excluding hydrogens is 267 g/mol. The Morgan fingerprint density at radius 2 is 1.86 bits per heavy atom. The van der Waals surface area contributed by atoms with Crippen LogP contribution in [0.15, 0.2) is 54.9 Å². The molecular formula is C17H17FN2O. The predicted molar refractivity (Wildman–Crippen MR) is 81.0 cm³/mol. The number of hydrogen-bond acceptors (Lipinski definition) is 2. The lowest BCUT2D eigenvalue weighted by Gasteiger charge is -2.14. The zero-order valence-corrected chi connectivity index (χ0v) is 11.9. The largest absolute Gasteiger partial charge is 0.342 e. The molecule has 1 aromatic heterocycles. The summed E-state index contributed by atoms with van der Waals surface area (Å²) < 4.78 is 12.8. The van der Waals surface area contributed by atoms with E-state index in [9.17, 15) is 9.18 Å². The highest BCUT2D eigenvalue weighted by Crippen LogP contribution is 2.05. The number of benzene rings is 1. The molecule has 2 aromatic rings. The molecule has 4 heteroatoms. The minimum atomic E-state index is -0.284. The Labute approximate surface area is 123 Å². The van der Waals surface area contributed by atoms with Crippen LogP contribution in [0.25, 0.3) is 6.08 Å². The van der Waals surface area contributed by atoms with E-state index in [-0.39, 0.29) is 11.7 Å². The standard InChI is InChI=1S/C17H17FN2O/c1-20(13-10-15-8-11-19-12-9-15)17(21)7-4-14-2-5-16(18)6-3-14/h2-9,11-12H,10,13H2,1H3/b7-4+. The zero-order valence-electron chi connectivity index (χ0n) is 11.9. The molecule has 0 aliphatic heterocycles. The molecule has 0 N–H and O–H groups in total. The van der Waals surface area contributed by atoms with Crippen molar-refractivity contribution in [3.63, 3.8) is 0 Å². The third-order valence-corrected chi connectivity index (χ3v) is 3.15. The second kappa shape index (κ2) is 7.33. The lowest BCUT2D eigenvalue weighted by atomic mass is 10.2. The summed E-state index contributed by atoms with van der Waals surface area (Å²) in [6, 6.07) is 9.89. The van der Waals surface area contributed by atoms with Gasteiger partial charge in [-0.2, -0.15) is 0 Å². The average Bonchev–Trinajstić information content (AvgIpc) is 2.52. The molecule has 21 heavy (non-hydrogen) atoms. The maximum Gasteiger partial charge on any atom is 0.246 e. The number of nitrogens with zero attached hydrogens (tertiary/aromatic N) is 2. The van der Waals surface area contributed by atoms with Crippen molar-refractivity contribution in [2.24, 2.45) is 0 Å². The van der Waals surface area contributed by atoms with Crippen molar-refractivity contribution in [1.29, 1.82) is 0 Å². The number of hydrogen-bond donors (Lipinski definition) is 0. The Morgan fingerprint density at radius 1 is 1.19 bits per heavy atom. The van der Waals surface area contributed by atoms with E-state index in [1.165, 1.54) is 18.2 Å². The van der Waals surface area contributed by atoms with Crippen LogP contribution in [0.2, 0.25) is 0 Å². The fraction of sp³-hybridized carbons (Fsp3) is 0.176. The monoisotopic (exact) mass is 284 g/mol. The van der Waals surface area contributed by atoms with Crippen molar-refractivity contribution in [1.82, 2.24) is 9.88 Å². The van der Waals surface area contributed by atoms with Crippen LogP contribution in [0, 0.1) is 5.82 Å². The van der Waals surface area contributed by atoms with E-state index in [4.69, 9.17) is 0 Å². The fourth-order valence-corrected chi connectivity index (χ4v) is 1.83. The van der Waals surface area contributed by atoms with Gasteiger partial charge in [-0.15, -0.1) is 0 Å². The highest BCUT2D eigenvalue weighted by atomic mass is 19.1. The van der Waals surface area contributed by atoms with Gasteiger partial charge in [0.2, 0.25) is 5.91 Å². The van der Waals surface area contributed by atoms with E-state index in [1.807, 2.05) is 12.1 Å². The Morgan fingerprint density at radius 3 is 2.52 bits per heavy atom. The second-order valence-electron chi connectivity index (χ2n) is 4.75. The van der Waals surface area contributed by atoms with Crippen molar-refractivity contribution >= 4 is 12.0 Å². The molecule has 0 radical (unpaired) electrons. The average molecular weight is 284 g/mol. The molecule has 0 saturated carbocycles. The lowest BCUT2D eigenvalue weighted by molar-refractivity contribution is -0.124. The maximum absolute atomic E-state index is 12.8. The van der Waals surface area contributed by atoms with Gasteiger partial charge in [0.15, 0.2) is 0 Å². The molecule has 0 saturated heterocycles. The van der Waals surface area contributed by atoms with Crippen LogP contribution in [-0.4, -0.2) is 29.4 Å². The van der Waals surface area contributed by atoms with Crippen LogP contribution >= 0.6 is 0 Å². The first kappa shape index (κ1) is 14.9. The van der Waals surface area contributed by atoms with Crippen LogP contribution in [-0.2, 0) is 11.2 Å².